The van der Waals surface area contributed by atoms with Gasteiger partial charge in [-0.25, -0.2) is 4.79 Å². The average Bonchev–Trinajstić information content (AvgIpc) is 2.44. The second kappa shape index (κ2) is 5.83. The Balaban J connectivity index is 2.49. The summed E-state index contributed by atoms with van der Waals surface area (Å²) in [7, 11) is 0. The van der Waals surface area contributed by atoms with E-state index in [1.807, 2.05) is 0 Å². The molecule has 0 aromatic heterocycles. The van der Waals surface area contributed by atoms with Crippen molar-refractivity contribution in [1.29, 1.82) is 0 Å². The first-order chi connectivity index (χ1) is 9.88. The van der Waals surface area contributed by atoms with Crippen molar-refractivity contribution < 1.29 is 23.1 Å². The Bertz CT molecular complexity index is 688. The van der Waals surface area contributed by atoms with Crippen LogP contribution in [0.1, 0.15) is 11.1 Å². The molecule has 0 atom stereocenters. The van der Waals surface area contributed by atoms with Gasteiger partial charge in [-0.3, -0.25) is 0 Å². The van der Waals surface area contributed by atoms with Gasteiger partial charge in [-0.2, -0.15) is 13.2 Å². The van der Waals surface area contributed by atoms with Gasteiger partial charge in [0.05, 0.1) is 5.56 Å². The van der Waals surface area contributed by atoms with E-state index in [0.717, 1.165) is 12.1 Å². The van der Waals surface area contributed by atoms with Crippen LogP contribution in [-0.4, -0.2) is 11.1 Å². The summed E-state index contributed by atoms with van der Waals surface area (Å²) in [5.74, 6) is -1.11. The lowest BCUT2D eigenvalue weighted by Gasteiger charge is -2.13. The van der Waals surface area contributed by atoms with E-state index in [1.54, 1.807) is 18.2 Å². The summed E-state index contributed by atoms with van der Waals surface area (Å²) < 4.78 is 39.0. The Hall–Kier alpha value is -2.56. The number of carbonyl (C=O) groups is 1. The smallest absolute Gasteiger partial charge is 0.417 e. The molecule has 0 saturated carbocycles. The third-order valence-corrected chi connectivity index (χ3v) is 2.85. The first-order valence-corrected chi connectivity index (χ1v) is 6.05. The number of hydrogen-bond donors (Lipinski definition) is 1. The quantitative estimate of drug-likeness (QED) is 0.847. The fourth-order valence-corrected chi connectivity index (χ4v) is 1.96. The zero-order valence-corrected chi connectivity index (χ0v) is 10.8. The minimum Gasteiger partial charge on any atom is -0.478 e. The van der Waals surface area contributed by atoms with Gasteiger partial charge in [0.15, 0.2) is 0 Å². The van der Waals surface area contributed by atoms with Gasteiger partial charge in [0.1, 0.15) is 0 Å². The second-order valence-electron chi connectivity index (χ2n) is 4.34. The molecule has 2 aromatic carbocycles. The van der Waals surface area contributed by atoms with Crippen LogP contribution in [0, 0.1) is 0 Å². The topological polar surface area (TPSA) is 37.3 Å². The van der Waals surface area contributed by atoms with Gasteiger partial charge in [-0.05, 0) is 34.9 Å². The number of aliphatic carboxylic acids is 1. The number of benzene rings is 2. The van der Waals surface area contributed by atoms with Crippen LogP contribution in [0.4, 0.5) is 13.2 Å². The van der Waals surface area contributed by atoms with Crippen molar-refractivity contribution in [3.05, 3.63) is 65.7 Å². The lowest BCUT2D eigenvalue weighted by molar-refractivity contribution is -0.137. The van der Waals surface area contributed by atoms with Gasteiger partial charge in [0.25, 0.3) is 0 Å². The van der Waals surface area contributed by atoms with Crippen LogP contribution in [0.3, 0.4) is 0 Å². The van der Waals surface area contributed by atoms with Crippen molar-refractivity contribution in [1.82, 2.24) is 0 Å². The summed E-state index contributed by atoms with van der Waals surface area (Å²) in [6, 6.07) is 11.6. The molecule has 5 heteroatoms. The van der Waals surface area contributed by atoms with E-state index < -0.39 is 17.7 Å². The number of alkyl halides is 3. The molecule has 0 radical (unpaired) electrons. The highest BCUT2D eigenvalue weighted by Gasteiger charge is 2.33. The van der Waals surface area contributed by atoms with Crippen molar-refractivity contribution in [3.8, 4) is 11.1 Å². The highest BCUT2D eigenvalue weighted by atomic mass is 19.4. The van der Waals surface area contributed by atoms with Gasteiger partial charge in [0.2, 0.25) is 0 Å². The number of carboxylic acid groups (broad SMARTS) is 1. The lowest BCUT2D eigenvalue weighted by Crippen LogP contribution is -2.06. The summed E-state index contributed by atoms with van der Waals surface area (Å²) in [4.78, 5) is 10.5. The zero-order chi connectivity index (χ0) is 15.5. The monoisotopic (exact) mass is 292 g/mol. The zero-order valence-electron chi connectivity index (χ0n) is 10.8. The summed E-state index contributed by atoms with van der Waals surface area (Å²) >= 11 is 0. The number of halogens is 3. The molecule has 0 unspecified atom stereocenters. The van der Waals surface area contributed by atoms with Gasteiger partial charge >= 0.3 is 12.1 Å². The van der Waals surface area contributed by atoms with Crippen LogP contribution in [0.2, 0.25) is 0 Å². The van der Waals surface area contributed by atoms with Gasteiger partial charge in [-0.1, -0.05) is 36.4 Å². The Labute approximate surface area is 119 Å². The Morgan fingerprint density at radius 2 is 1.76 bits per heavy atom. The van der Waals surface area contributed by atoms with E-state index in [1.165, 1.54) is 30.3 Å². The van der Waals surface area contributed by atoms with E-state index in [9.17, 15) is 18.0 Å². The molecule has 2 nitrogen and oxygen atoms in total. The predicted molar refractivity (Wildman–Crippen MR) is 73.5 cm³/mol. The Morgan fingerprint density at radius 1 is 1.05 bits per heavy atom. The molecule has 0 spiro atoms. The SMILES string of the molecule is O=C(O)C=Cc1cccc(-c2ccccc2C(F)(F)F)c1. The van der Waals surface area contributed by atoms with E-state index >= 15 is 0 Å². The van der Waals surface area contributed by atoms with Gasteiger partial charge in [0, 0.05) is 6.08 Å². The molecule has 0 heterocycles. The fourth-order valence-electron chi connectivity index (χ4n) is 1.96. The molecule has 0 bridgehead atoms. The van der Waals surface area contributed by atoms with Crippen LogP contribution >= 0.6 is 0 Å². The van der Waals surface area contributed by atoms with Crippen molar-refractivity contribution in [2.75, 3.05) is 0 Å². The number of rotatable bonds is 3. The van der Waals surface area contributed by atoms with Crippen molar-refractivity contribution >= 4 is 12.0 Å². The fraction of sp³-hybridized carbons (Fsp3) is 0.0625. The van der Waals surface area contributed by atoms with E-state index in [2.05, 4.69) is 0 Å². The first-order valence-electron chi connectivity index (χ1n) is 6.05. The van der Waals surface area contributed by atoms with Gasteiger partial charge < -0.3 is 5.11 Å². The van der Waals surface area contributed by atoms with E-state index in [0.29, 0.717) is 11.1 Å². The summed E-state index contributed by atoms with van der Waals surface area (Å²) in [6.45, 7) is 0. The summed E-state index contributed by atoms with van der Waals surface area (Å²) in [5.41, 5.74) is 0.252. The molecule has 0 fully saturated rings. The van der Waals surface area contributed by atoms with Crippen molar-refractivity contribution in [2.45, 2.75) is 6.18 Å². The molecule has 2 rings (SSSR count). The molecule has 0 aliphatic carbocycles. The summed E-state index contributed by atoms with van der Waals surface area (Å²) in [5, 5.41) is 8.58. The minimum atomic E-state index is -4.44. The molecule has 0 amide bonds. The van der Waals surface area contributed by atoms with Crippen molar-refractivity contribution in [2.24, 2.45) is 0 Å². The molecular weight excluding hydrogens is 281 g/mol. The highest BCUT2D eigenvalue weighted by Crippen LogP contribution is 2.37. The van der Waals surface area contributed by atoms with Crippen LogP contribution in [0.25, 0.3) is 17.2 Å². The van der Waals surface area contributed by atoms with Gasteiger partial charge in [-0.15, -0.1) is 0 Å². The molecule has 0 saturated heterocycles. The molecular formula is C16H11F3O2. The third kappa shape index (κ3) is 3.72. The largest absolute Gasteiger partial charge is 0.478 e. The predicted octanol–water partition coefficient (Wildman–Crippen LogP) is 4.47. The van der Waals surface area contributed by atoms with Crippen LogP contribution in [0.15, 0.2) is 54.6 Å². The third-order valence-electron chi connectivity index (χ3n) is 2.85. The van der Waals surface area contributed by atoms with E-state index in [-0.39, 0.29) is 5.56 Å². The molecule has 2 aromatic rings. The van der Waals surface area contributed by atoms with Crippen LogP contribution < -0.4 is 0 Å². The first kappa shape index (κ1) is 14.8. The second-order valence-corrected chi connectivity index (χ2v) is 4.34. The molecule has 1 N–H and O–H groups in total. The summed E-state index contributed by atoms with van der Waals surface area (Å²) in [6.07, 6.45) is -2.17. The molecule has 0 aliphatic rings. The standard InChI is InChI=1S/C16H11F3O2/c17-16(18,19)14-7-2-1-6-13(14)12-5-3-4-11(10-12)8-9-15(20)21/h1-10H,(H,20,21). The van der Waals surface area contributed by atoms with Crippen LogP contribution in [-0.2, 0) is 11.0 Å². The maximum Gasteiger partial charge on any atom is 0.417 e. The highest BCUT2D eigenvalue weighted by molar-refractivity contribution is 5.85. The Kier molecular flexibility index (Phi) is 4.12. The molecule has 0 aliphatic heterocycles. The van der Waals surface area contributed by atoms with E-state index in [4.69, 9.17) is 5.11 Å². The molecule has 21 heavy (non-hydrogen) atoms. The maximum atomic E-state index is 13.0. The molecule has 108 valence electrons. The minimum absolute atomic E-state index is 0.0653. The van der Waals surface area contributed by atoms with Crippen LogP contribution in [0.5, 0.6) is 0 Å². The maximum absolute atomic E-state index is 13.0. The van der Waals surface area contributed by atoms with Crippen molar-refractivity contribution in [3.63, 3.8) is 0 Å². The normalized spacial score (nSPS) is 11.8. The average molecular weight is 292 g/mol. The Morgan fingerprint density at radius 3 is 2.43 bits per heavy atom. The lowest BCUT2D eigenvalue weighted by atomic mass is 9.97. The number of carboxylic acids is 1. The number of hydrogen-bond acceptors (Lipinski definition) is 1.